The number of sulfone groups is 1. The molecule has 0 heterocycles. The van der Waals surface area contributed by atoms with Crippen molar-refractivity contribution in [1.82, 2.24) is 0 Å². The molecule has 0 saturated carbocycles. The molecule has 1 unspecified atom stereocenters. The lowest BCUT2D eigenvalue weighted by Crippen LogP contribution is -2.11. The number of amides is 1. The molecule has 20 heavy (non-hydrogen) atoms. The van der Waals surface area contributed by atoms with Crippen LogP contribution in [0.25, 0.3) is 0 Å². The summed E-state index contributed by atoms with van der Waals surface area (Å²) in [5.41, 5.74) is 0.601. The number of carbonyl (C=O) groups is 1. The molecule has 1 aromatic carbocycles. The van der Waals surface area contributed by atoms with Crippen LogP contribution in [0.3, 0.4) is 0 Å². The molecule has 0 aliphatic carbocycles. The number of hydrogen-bond acceptors (Lipinski definition) is 3. The Bertz CT molecular complexity index is 540. The van der Waals surface area contributed by atoms with Gasteiger partial charge in [0.15, 0.2) is 9.84 Å². The van der Waals surface area contributed by atoms with E-state index in [-0.39, 0.29) is 11.7 Å². The Morgan fingerprint density at radius 3 is 2.35 bits per heavy atom. The van der Waals surface area contributed by atoms with Crippen LogP contribution in [0, 0.1) is 5.92 Å². The van der Waals surface area contributed by atoms with E-state index in [4.69, 9.17) is 0 Å². The van der Waals surface area contributed by atoms with Gasteiger partial charge in [-0.05, 0) is 43.0 Å². The molecule has 0 bridgehead atoms. The largest absolute Gasteiger partial charge is 0.326 e. The molecular formula is C14H20BrNO3S. The summed E-state index contributed by atoms with van der Waals surface area (Å²) in [5, 5.41) is 3.50. The fraction of sp³-hybridized carbons (Fsp3) is 0.500. The third-order valence-corrected chi connectivity index (χ3v) is 5.24. The van der Waals surface area contributed by atoms with Gasteiger partial charge in [0.2, 0.25) is 5.91 Å². The van der Waals surface area contributed by atoms with Gasteiger partial charge in [-0.25, -0.2) is 8.42 Å². The molecule has 1 aromatic rings. The highest BCUT2D eigenvalue weighted by atomic mass is 79.9. The lowest BCUT2D eigenvalue weighted by Gasteiger charge is -2.10. The smallest absolute Gasteiger partial charge is 0.221 e. The van der Waals surface area contributed by atoms with Crippen LogP contribution in [0.1, 0.15) is 26.7 Å². The van der Waals surface area contributed by atoms with Gasteiger partial charge in [0.05, 0.1) is 10.6 Å². The molecule has 0 aromatic heterocycles. The van der Waals surface area contributed by atoms with Crippen molar-refractivity contribution >= 4 is 37.4 Å². The van der Waals surface area contributed by atoms with Crippen molar-refractivity contribution < 1.29 is 13.2 Å². The summed E-state index contributed by atoms with van der Waals surface area (Å²) >= 11 is 3.36. The van der Waals surface area contributed by atoms with Crippen LogP contribution in [0.5, 0.6) is 0 Å². The van der Waals surface area contributed by atoms with Gasteiger partial charge >= 0.3 is 0 Å². The molecule has 1 amide bonds. The topological polar surface area (TPSA) is 63.2 Å². The normalized spacial score (nSPS) is 12.9. The van der Waals surface area contributed by atoms with E-state index < -0.39 is 9.84 Å². The Labute approximate surface area is 129 Å². The molecule has 1 rings (SSSR count). The quantitative estimate of drug-likeness (QED) is 0.758. The molecule has 112 valence electrons. The minimum Gasteiger partial charge on any atom is -0.326 e. The summed E-state index contributed by atoms with van der Waals surface area (Å²) in [6, 6.07) is 6.29. The van der Waals surface area contributed by atoms with Crippen LogP contribution in [-0.4, -0.2) is 25.4 Å². The van der Waals surface area contributed by atoms with Gasteiger partial charge < -0.3 is 5.32 Å². The van der Waals surface area contributed by atoms with Crippen molar-refractivity contribution in [2.45, 2.75) is 31.6 Å². The molecule has 6 heteroatoms. The maximum Gasteiger partial charge on any atom is 0.221 e. The maximum absolute atomic E-state index is 12.2. The SMILES string of the molecule is CC(=O)Nc1ccc(S(=O)(=O)CCC(C)CCBr)cc1. The van der Waals surface area contributed by atoms with Gasteiger partial charge in [-0.2, -0.15) is 0 Å². The van der Waals surface area contributed by atoms with Crippen LogP contribution in [-0.2, 0) is 14.6 Å². The predicted molar refractivity (Wildman–Crippen MR) is 85.0 cm³/mol. The van der Waals surface area contributed by atoms with Gasteiger partial charge in [-0.3, -0.25) is 4.79 Å². The van der Waals surface area contributed by atoms with Crippen LogP contribution >= 0.6 is 15.9 Å². The average molecular weight is 362 g/mol. The van der Waals surface area contributed by atoms with Crippen molar-refractivity contribution in [1.29, 1.82) is 0 Å². The van der Waals surface area contributed by atoms with Crippen molar-refractivity contribution in [2.75, 3.05) is 16.4 Å². The van der Waals surface area contributed by atoms with Crippen LogP contribution in [0.4, 0.5) is 5.69 Å². The summed E-state index contributed by atoms with van der Waals surface area (Å²) in [5.74, 6) is 0.354. The highest BCUT2D eigenvalue weighted by Crippen LogP contribution is 2.18. The van der Waals surface area contributed by atoms with Gasteiger partial charge in [0, 0.05) is 17.9 Å². The summed E-state index contributed by atoms with van der Waals surface area (Å²) in [4.78, 5) is 11.2. The third kappa shape index (κ3) is 5.63. The Kier molecular flexibility index (Phi) is 6.68. The first-order valence-electron chi connectivity index (χ1n) is 6.51. The molecule has 0 radical (unpaired) electrons. The fourth-order valence-corrected chi connectivity index (χ4v) is 4.03. The van der Waals surface area contributed by atoms with E-state index in [2.05, 4.69) is 28.2 Å². The molecule has 1 atom stereocenters. The second-order valence-corrected chi connectivity index (χ2v) is 7.80. The second-order valence-electron chi connectivity index (χ2n) is 4.90. The minimum absolute atomic E-state index is 0.153. The first-order valence-corrected chi connectivity index (χ1v) is 9.29. The first kappa shape index (κ1) is 17.2. The first-order chi connectivity index (χ1) is 9.35. The number of rotatable bonds is 7. The monoisotopic (exact) mass is 361 g/mol. The number of anilines is 1. The summed E-state index contributed by atoms with van der Waals surface area (Å²) in [7, 11) is -3.25. The summed E-state index contributed by atoms with van der Waals surface area (Å²) in [6.07, 6.45) is 1.62. The zero-order valence-corrected chi connectivity index (χ0v) is 14.1. The van der Waals surface area contributed by atoms with E-state index in [1.807, 2.05) is 0 Å². The maximum atomic E-state index is 12.2. The van der Waals surface area contributed by atoms with Gasteiger partial charge in [0.1, 0.15) is 0 Å². The van der Waals surface area contributed by atoms with E-state index in [0.717, 1.165) is 11.8 Å². The van der Waals surface area contributed by atoms with Crippen molar-refractivity contribution in [2.24, 2.45) is 5.92 Å². The van der Waals surface area contributed by atoms with Crippen molar-refractivity contribution in [3.05, 3.63) is 24.3 Å². The fourth-order valence-electron chi connectivity index (χ4n) is 1.75. The van der Waals surface area contributed by atoms with E-state index in [9.17, 15) is 13.2 Å². The van der Waals surface area contributed by atoms with Crippen LogP contribution in [0.15, 0.2) is 29.2 Å². The standard InChI is InChI=1S/C14H20BrNO3S/c1-11(7-9-15)8-10-20(18,19)14-5-3-13(4-6-14)16-12(2)17/h3-6,11H,7-10H2,1-2H3,(H,16,17). The second kappa shape index (κ2) is 7.78. The van der Waals surface area contributed by atoms with Crippen molar-refractivity contribution in [3.8, 4) is 0 Å². The van der Waals surface area contributed by atoms with Gasteiger partial charge in [-0.1, -0.05) is 22.9 Å². The van der Waals surface area contributed by atoms with E-state index in [0.29, 0.717) is 22.9 Å². The molecular weight excluding hydrogens is 342 g/mol. The Morgan fingerprint density at radius 2 is 1.85 bits per heavy atom. The molecule has 0 spiro atoms. The predicted octanol–water partition coefficient (Wildman–Crippen LogP) is 3.23. The lowest BCUT2D eigenvalue weighted by atomic mass is 10.1. The third-order valence-electron chi connectivity index (χ3n) is 3.02. The van der Waals surface area contributed by atoms with E-state index >= 15 is 0 Å². The number of halogens is 1. The molecule has 0 fully saturated rings. The Hall–Kier alpha value is -0.880. The molecule has 0 aliphatic heterocycles. The average Bonchev–Trinajstić information content (AvgIpc) is 2.37. The molecule has 1 N–H and O–H groups in total. The van der Waals surface area contributed by atoms with Crippen LogP contribution < -0.4 is 5.32 Å². The highest BCUT2D eigenvalue weighted by molar-refractivity contribution is 9.09. The lowest BCUT2D eigenvalue weighted by molar-refractivity contribution is -0.114. The number of benzene rings is 1. The minimum atomic E-state index is -3.25. The number of nitrogens with one attached hydrogen (secondary N) is 1. The number of hydrogen-bond donors (Lipinski definition) is 1. The summed E-state index contributed by atoms with van der Waals surface area (Å²) < 4.78 is 24.4. The molecule has 4 nitrogen and oxygen atoms in total. The highest BCUT2D eigenvalue weighted by Gasteiger charge is 2.16. The zero-order valence-electron chi connectivity index (χ0n) is 11.7. The Balaban J connectivity index is 2.70. The molecule has 0 saturated heterocycles. The van der Waals surface area contributed by atoms with E-state index in [1.165, 1.54) is 19.1 Å². The van der Waals surface area contributed by atoms with Crippen molar-refractivity contribution in [3.63, 3.8) is 0 Å². The summed E-state index contributed by atoms with van der Waals surface area (Å²) in [6.45, 7) is 3.46. The van der Waals surface area contributed by atoms with Gasteiger partial charge in [-0.15, -0.1) is 0 Å². The van der Waals surface area contributed by atoms with Crippen LogP contribution in [0.2, 0.25) is 0 Å². The Morgan fingerprint density at radius 1 is 1.25 bits per heavy atom. The number of carbonyl (C=O) groups excluding carboxylic acids is 1. The zero-order chi connectivity index (χ0) is 15.2. The van der Waals surface area contributed by atoms with E-state index in [1.54, 1.807) is 12.1 Å². The number of alkyl halides is 1. The van der Waals surface area contributed by atoms with Gasteiger partial charge in [0.25, 0.3) is 0 Å². The molecule has 0 aliphatic rings.